The molecule has 0 aliphatic carbocycles. The van der Waals surface area contributed by atoms with Crippen LogP contribution in [-0.2, 0) is 9.59 Å². The summed E-state index contributed by atoms with van der Waals surface area (Å²) >= 11 is 2.88. The van der Waals surface area contributed by atoms with Crippen LogP contribution in [0.5, 0.6) is 0 Å². The number of hydrogen-bond donors (Lipinski definition) is 1. The van der Waals surface area contributed by atoms with Gasteiger partial charge < -0.3 is 5.32 Å². The molecule has 6 heteroatoms. The highest BCUT2D eigenvalue weighted by molar-refractivity contribution is 8.15. The van der Waals surface area contributed by atoms with Gasteiger partial charge in [-0.05, 0) is 6.26 Å². The standard InChI is InChI=1S/C7H10N2O2S2/c1-12-3-2-5(10)8-7-9-6(11)4-13-7/h2-4H2,1H3,(H,8,9,10,11). The van der Waals surface area contributed by atoms with Crippen LogP contribution < -0.4 is 5.32 Å². The Morgan fingerprint density at radius 1 is 1.77 bits per heavy atom. The Morgan fingerprint density at radius 3 is 3.08 bits per heavy atom. The van der Waals surface area contributed by atoms with Crippen LogP contribution in [0, 0.1) is 0 Å². The molecule has 0 radical (unpaired) electrons. The molecule has 0 atom stereocenters. The van der Waals surface area contributed by atoms with Crippen molar-refractivity contribution in [1.29, 1.82) is 0 Å². The Balaban J connectivity index is 2.37. The quantitative estimate of drug-likeness (QED) is 0.748. The average molecular weight is 218 g/mol. The highest BCUT2D eigenvalue weighted by atomic mass is 32.2. The molecule has 13 heavy (non-hydrogen) atoms. The van der Waals surface area contributed by atoms with Crippen molar-refractivity contribution in [2.24, 2.45) is 4.99 Å². The maximum atomic E-state index is 11.1. The third-order valence-electron chi connectivity index (χ3n) is 1.33. The summed E-state index contributed by atoms with van der Waals surface area (Å²) in [6, 6.07) is 0. The van der Waals surface area contributed by atoms with Crippen LogP contribution in [0.3, 0.4) is 0 Å². The van der Waals surface area contributed by atoms with E-state index in [1.807, 2.05) is 6.26 Å². The fourth-order valence-corrected chi connectivity index (χ4v) is 1.82. The topological polar surface area (TPSA) is 58.5 Å². The maximum Gasteiger partial charge on any atom is 0.248 e. The van der Waals surface area contributed by atoms with E-state index in [2.05, 4.69) is 10.3 Å². The Kier molecular flexibility index (Phi) is 4.31. The van der Waals surface area contributed by atoms with Crippen molar-refractivity contribution in [1.82, 2.24) is 5.32 Å². The van der Waals surface area contributed by atoms with Crippen molar-refractivity contribution >= 4 is 40.5 Å². The van der Waals surface area contributed by atoms with Gasteiger partial charge in [-0.2, -0.15) is 16.8 Å². The van der Waals surface area contributed by atoms with E-state index in [-0.39, 0.29) is 11.8 Å². The van der Waals surface area contributed by atoms with Crippen LogP contribution in [0.2, 0.25) is 0 Å². The molecule has 0 aromatic rings. The summed E-state index contributed by atoms with van der Waals surface area (Å²) in [4.78, 5) is 25.6. The molecule has 1 heterocycles. The first-order valence-electron chi connectivity index (χ1n) is 3.75. The van der Waals surface area contributed by atoms with Crippen molar-refractivity contribution in [3.05, 3.63) is 0 Å². The number of carbonyl (C=O) groups is 2. The molecule has 72 valence electrons. The average Bonchev–Trinajstić information content (AvgIpc) is 2.48. The van der Waals surface area contributed by atoms with E-state index in [9.17, 15) is 9.59 Å². The number of thioether (sulfide) groups is 2. The summed E-state index contributed by atoms with van der Waals surface area (Å²) in [6.45, 7) is 0. The number of nitrogens with one attached hydrogen (secondary N) is 1. The van der Waals surface area contributed by atoms with Gasteiger partial charge in [-0.1, -0.05) is 11.8 Å². The zero-order valence-corrected chi connectivity index (χ0v) is 8.83. The maximum absolute atomic E-state index is 11.1. The van der Waals surface area contributed by atoms with Crippen molar-refractivity contribution < 1.29 is 9.59 Å². The number of amidine groups is 1. The molecule has 1 N–H and O–H groups in total. The van der Waals surface area contributed by atoms with Crippen LogP contribution in [0.25, 0.3) is 0 Å². The molecule has 0 bridgehead atoms. The molecule has 1 aliphatic rings. The lowest BCUT2D eigenvalue weighted by molar-refractivity contribution is -0.117. The number of nitrogens with zero attached hydrogens (tertiary/aromatic N) is 1. The minimum Gasteiger partial charge on any atom is -0.304 e. The number of aliphatic imine (C=N–C) groups is 1. The van der Waals surface area contributed by atoms with Gasteiger partial charge in [0, 0.05) is 12.2 Å². The fraction of sp³-hybridized carbons (Fsp3) is 0.571. The molecule has 1 saturated heterocycles. The molecule has 4 nitrogen and oxygen atoms in total. The first kappa shape index (κ1) is 10.6. The van der Waals surface area contributed by atoms with Gasteiger partial charge in [0.05, 0.1) is 5.75 Å². The van der Waals surface area contributed by atoms with E-state index in [0.717, 1.165) is 5.75 Å². The molecule has 1 fully saturated rings. The number of hydrogen-bond acceptors (Lipinski definition) is 4. The summed E-state index contributed by atoms with van der Waals surface area (Å²) in [6.07, 6.45) is 2.37. The number of amides is 2. The van der Waals surface area contributed by atoms with Gasteiger partial charge in [-0.15, -0.1) is 0 Å². The Morgan fingerprint density at radius 2 is 2.54 bits per heavy atom. The first-order valence-corrected chi connectivity index (χ1v) is 6.13. The number of carbonyl (C=O) groups excluding carboxylic acids is 2. The predicted molar refractivity (Wildman–Crippen MR) is 56.0 cm³/mol. The van der Waals surface area contributed by atoms with Crippen molar-refractivity contribution in [2.45, 2.75) is 6.42 Å². The Bertz CT molecular complexity index is 253. The lowest BCUT2D eigenvalue weighted by atomic mass is 10.5. The second kappa shape index (κ2) is 5.29. The van der Waals surface area contributed by atoms with Gasteiger partial charge in [0.15, 0.2) is 5.17 Å². The zero-order valence-electron chi connectivity index (χ0n) is 7.20. The number of rotatable bonds is 3. The first-order chi connectivity index (χ1) is 6.22. The SMILES string of the molecule is CSCCC(=O)N=C1NC(=O)CS1. The van der Waals surface area contributed by atoms with Crippen LogP contribution in [0.15, 0.2) is 4.99 Å². The van der Waals surface area contributed by atoms with Gasteiger partial charge in [-0.25, -0.2) is 0 Å². The van der Waals surface area contributed by atoms with E-state index in [4.69, 9.17) is 0 Å². The van der Waals surface area contributed by atoms with Crippen molar-refractivity contribution in [3.8, 4) is 0 Å². The van der Waals surface area contributed by atoms with Crippen molar-refractivity contribution in [2.75, 3.05) is 17.8 Å². The molecule has 0 saturated carbocycles. The second-order valence-electron chi connectivity index (χ2n) is 2.39. The van der Waals surface area contributed by atoms with E-state index in [1.54, 1.807) is 11.8 Å². The summed E-state index contributed by atoms with van der Waals surface area (Å²) in [7, 11) is 0. The summed E-state index contributed by atoms with van der Waals surface area (Å²) in [5.74, 6) is 0.892. The third kappa shape index (κ3) is 3.82. The fourth-order valence-electron chi connectivity index (χ4n) is 0.744. The summed E-state index contributed by atoms with van der Waals surface area (Å²) in [5, 5.41) is 2.95. The molecular weight excluding hydrogens is 208 g/mol. The van der Waals surface area contributed by atoms with Gasteiger partial charge in [0.25, 0.3) is 0 Å². The minimum atomic E-state index is -0.168. The largest absolute Gasteiger partial charge is 0.304 e. The van der Waals surface area contributed by atoms with Gasteiger partial charge in [0.2, 0.25) is 11.8 Å². The Labute approximate surface area is 84.9 Å². The van der Waals surface area contributed by atoms with Gasteiger partial charge >= 0.3 is 0 Å². The normalized spacial score (nSPS) is 19.2. The molecule has 0 unspecified atom stereocenters. The molecule has 0 spiro atoms. The summed E-state index contributed by atoms with van der Waals surface area (Å²) < 4.78 is 0. The lowest BCUT2D eigenvalue weighted by Crippen LogP contribution is -2.21. The van der Waals surface area contributed by atoms with Crippen LogP contribution >= 0.6 is 23.5 Å². The smallest absolute Gasteiger partial charge is 0.248 e. The minimum absolute atomic E-state index is 0.0820. The molecule has 2 amide bonds. The van der Waals surface area contributed by atoms with Crippen LogP contribution in [0.4, 0.5) is 0 Å². The van der Waals surface area contributed by atoms with Gasteiger partial charge in [0.1, 0.15) is 0 Å². The van der Waals surface area contributed by atoms with E-state index in [1.165, 1.54) is 11.8 Å². The highest BCUT2D eigenvalue weighted by Gasteiger charge is 2.17. The van der Waals surface area contributed by atoms with E-state index < -0.39 is 0 Å². The van der Waals surface area contributed by atoms with E-state index in [0.29, 0.717) is 17.3 Å². The Hall–Kier alpha value is -0.490. The molecular formula is C7H10N2O2S2. The van der Waals surface area contributed by atoms with Gasteiger partial charge in [-0.3, -0.25) is 9.59 Å². The molecule has 0 aromatic carbocycles. The van der Waals surface area contributed by atoms with Crippen LogP contribution in [-0.4, -0.2) is 34.7 Å². The van der Waals surface area contributed by atoms with Crippen molar-refractivity contribution in [3.63, 3.8) is 0 Å². The molecule has 0 aromatic heterocycles. The molecule has 1 aliphatic heterocycles. The third-order valence-corrected chi connectivity index (χ3v) is 2.82. The zero-order chi connectivity index (χ0) is 9.68. The van der Waals surface area contributed by atoms with E-state index >= 15 is 0 Å². The summed E-state index contributed by atoms with van der Waals surface area (Å²) in [5.41, 5.74) is 0. The van der Waals surface area contributed by atoms with Crippen LogP contribution in [0.1, 0.15) is 6.42 Å². The predicted octanol–water partition coefficient (Wildman–Crippen LogP) is 0.485. The highest BCUT2D eigenvalue weighted by Crippen LogP contribution is 2.09. The monoisotopic (exact) mass is 218 g/mol. The second-order valence-corrected chi connectivity index (χ2v) is 4.34. The lowest BCUT2D eigenvalue weighted by Gasteiger charge is -1.94. The molecule has 1 rings (SSSR count).